The summed E-state index contributed by atoms with van der Waals surface area (Å²) in [5.74, 6) is 5.63. The van der Waals surface area contributed by atoms with Crippen LogP contribution >= 0.6 is 11.3 Å². The molecule has 5 heteroatoms. The highest BCUT2D eigenvalue weighted by atomic mass is 32.1. The summed E-state index contributed by atoms with van der Waals surface area (Å²) in [6.45, 7) is 4.15. The number of aromatic nitrogens is 2. The van der Waals surface area contributed by atoms with E-state index in [1.807, 2.05) is 13.1 Å². The Hall–Kier alpha value is -1.30. The molecule has 0 spiro atoms. The number of hydrogen-bond donors (Lipinski definition) is 2. The number of rotatable bonds is 6. The molecule has 2 aromatic rings. The third kappa shape index (κ3) is 4.09. The zero-order valence-corrected chi connectivity index (χ0v) is 12.2. The number of thiazole rings is 1. The highest BCUT2D eigenvalue weighted by Crippen LogP contribution is 2.12. The molecule has 102 valence electrons. The lowest BCUT2D eigenvalue weighted by molar-refractivity contribution is 0.513. The summed E-state index contributed by atoms with van der Waals surface area (Å²) in [5, 5.41) is 3.18. The molecule has 0 bridgehead atoms. The van der Waals surface area contributed by atoms with Crippen LogP contribution in [0.4, 0.5) is 0 Å². The molecular weight excluding hydrogens is 256 g/mol. The Morgan fingerprint density at radius 3 is 2.63 bits per heavy atom. The van der Waals surface area contributed by atoms with Crippen molar-refractivity contribution in [1.82, 2.24) is 15.4 Å². The fraction of sp³-hybridized carbons (Fsp3) is 0.429. The van der Waals surface area contributed by atoms with Crippen LogP contribution in [0, 0.1) is 6.92 Å². The van der Waals surface area contributed by atoms with E-state index in [1.165, 1.54) is 5.56 Å². The van der Waals surface area contributed by atoms with E-state index in [0.717, 1.165) is 35.7 Å². The van der Waals surface area contributed by atoms with Crippen LogP contribution < -0.4 is 11.3 Å². The fourth-order valence-corrected chi connectivity index (χ4v) is 2.61. The predicted octanol–water partition coefficient (Wildman–Crippen LogP) is 2.03. The van der Waals surface area contributed by atoms with Crippen molar-refractivity contribution in [3.63, 3.8) is 0 Å². The summed E-state index contributed by atoms with van der Waals surface area (Å²) in [4.78, 5) is 8.94. The van der Waals surface area contributed by atoms with Gasteiger partial charge in [0.05, 0.1) is 10.7 Å². The maximum absolute atomic E-state index is 5.63. The van der Waals surface area contributed by atoms with Crippen LogP contribution in [0.15, 0.2) is 23.7 Å². The molecule has 0 amide bonds. The van der Waals surface area contributed by atoms with Crippen molar-refractivity contribution in [3.05, 3.63) is 45.7 Å². The Bertz CT molecular complexity index is 506. The molecule has 2 rings (SSSR count). The molecule has 0 aliphatic rings. The number of hydrogen-bond acceptors (Lipinski definition) is 5. The Balaban J connectivity index is 1.97. The van der Waals surface area contributed by atoms with Gasteiger partial charge in [0.2, 0.25) is 0 Å². The van der Waals surface area contributed by atoms with Crippen molar-refractivity contribution < 1.29 is 0 Å². The Kier molecular flexibility index (Phi) is 5.01. The zero-order valence-electron chi connectivity index (χ0n) is 11.4. The van der Waals surface area contributed by atoms with Crippen LogP contribution in [-0.4, -0.2) is 16.0 Å². The molecule has 0 saturated heterocycles. The first kappa shape index (κ1) is 14.1. The van der Waals surface area contributed by atoms with Crippen molar-refractivity contribution in [3.8, 4) is 0 Å². The number of nitrogens with zero attached hydrogens (tertiary/aromatic N) is 2. The van der Waals surface area contributed by atoms with Crippen LogP contribution in [-0.2, 0) is 19.3 Å². The van der Waals surface area contributed by atoms with Crippen LogP contribution in [0.5, 0.6) is 0 Å². The van der Waals surface area contributed by atoms with E-state index < -0.39 is 0 Å². The van der Waals surface area contributed by atoms with Crippen molar-refractivity contribution in [2.75, 3.05) is 0 Å². The smallest absolute Gasteiger partial charge is 0.0897 e. The number of nitrogens with one attached hydrogen (secondary N) is 1. The van der Waals surface area contributed by atoms with Gasteiger partial charge in [0.15, 0.2) is 0 Å². The highest BCUT2D eigenvalue weighted by Gasteiger charge is 2.11. The molecule has 1 atom stereocenters. The molecule has 0 fully saturated rings. The molecular formula is C14H20N4S. The second-order valence-corrected chi connectivity index (χ2v) is 5.70. The summed E-state index contributed by atoms with van der Waals surface area (Å²) in [7, 11) is 0. The standard InChI is InChI=1S/C14H20N4S/c1-3-11-4-5-12(16-8-11)6-13(18-15)7-14-9-19-10(2)17-14/h4-5,8-9,13,18H,3,6-7,15H2,1-2H3. The van der Waals surface area contributed by atoms with Gasteiger partial charge in [-0.2, -0.15) is 0 Å². The minimum Gasteiger partial charge on any atom is -0.271 e. The Morgan fingerprint density at radius 2 is 2.11 bits per heavy atom. The third-order valence-corrected chi connectivity index (χ3v) is 3.93. The van der Waals surface area contributed by atoms with Gasteiger partial charge in [0.1, 0.15) is 0 Å². The average Bonchev–Trinajstić information content (AvgIpc) is 2.84. The number of hydrazine groups is 1. The van der Waals surface area contributed by atoms with Gasteiger partial charge in [-0.3, -0.25) is 16.3 Å². The lowest BCUT2D eigenvalue weighted by atomic mass is 10.1. The molecule has 2 heterocycles. The topological polar surface area (TPSA) is 63.8 Å². The molecule has 0 aliphatic carbocycles. The van der Waals surface area contributed by atoms with Gasteiger partial charge in [0.25, 0.3) is 0 Å². The van der Waals surface area contributed by atoms with E-state index in [0.29, 0.717) is 0 Å². The molecule has 3 N–H and O–H groups in total. The first-order valence-corrected chi connectivity index (χ1v) is 7.40. The second-order valence-electron chi connectivity index (χ2n) is 4.64. The summed E-state index contributed by atoms with van der Waals surface area (Å²) < 4.78 is 0. The largest absolute Gasteiger partial charge is 0.271 e. The maximum atomic E-state index is 5.63. The van der Waals surface area contributed by atoms with E-state index >= 15 is 0 Å². The number of nitrogens with two attached hydrogens (primary N) is 1. The average molecular weight is 276 g/mol. The highest BCUT2D eigenvalue weighted by molar-refractivity contribution is 7.09. The van der Waals surface area contributed by atoms with Crippen LogP contribution in [0.3, 0.4) is 0 Å². The van der Waals surface area contributed by atoms with Crippen molar-refractivity contribution in [2.45, 2.75) is 39.2 Å². The Morgan fingerprint density at radius 1 is 1.32 bits per heavy atom. The second kappa shape index (κ2) is 6.75. The molecule has 2 aromatic heterocycles. The number of pyridine rings is 1. The first-order chi connectivity index (χ1) is 9.21. The van der Waals surface area contributed by atoms with Gasteiger partial charge in [-0.25, -0.2) is 4.98 Å². The quantitative estimate of drug-likeness (QED) is 0.626. The van der Waals surface area contributed by atoms with Gasteiger partial charge in [0, 0.05) is 36.2 Å². The molecule has 1 unspecified atom stereocenters. The van der Waals surface area contributed by atoms with Gasteiger partial charge in [-0.05, 0) is 25.0 Å². The third-order valence-electron chi connectivity index (χ3n) is 3.11. The van der Waals surface area contributed by atoms with E-state index in [-0.39, 0.29) is 6.04 Å². The molecule has 0 radical (unpaired) electrons. The summed E-state index contributed by atoms with van der Waals surface area (Å²) in [5.41, 5.74) is 6.28. The minimum absolute atomic E-state index is 0.168. The van der Waals surface area contributed by atoms with Crippen LogP contribution in [0.1, 0.15) is 28.9 Å². The minimum atomic E-state index is 0.168. The predicted molar refractivity (Wildman–Crippen MR) is 79.0 cm³/mol. The van der Waals surface area contributed by atoms with Crippen molar-refractivity contribution in [1.29, 1.82) is 0 Å². The molecule has 0 aromatic carbocycles. The normalized spacial score (nSPS) is 12.6. The van der Waals surface area contributed by atoms with Gasteiger partial charge >= 0.3 is 0 Å². The van der Waals surface area contributed by atoms with Gasteiger partial charge in [-0.15, -0.1) is 11.3 Å². The number of aryl methyl sites for hydroxylation is 2. The summed E-state index contributed by atoms with van der Waals surface area (Å²) in [6, 6.07) is 4.37. The molecule has 19 heavy (non-hydrogen) atoms. The van der Waals surface area contributed by atoms with E-state index in [1.54, 1.807) is 11.3 Å². The van der Waals surface area contributed by atoms with E-state index in [9.17, 15) is 0 Å². The van der Waals surface area contributed by atoms with E-state index in [2.05, 4.69) is 39.8 Å². The lowest BCUT2D eigenvalue weighted by Gasteiger charge is -2.14. The molecule has 0 saturated carbocycles. The summed E-state index contributed by atoms with van der Waals surface area (Å²) in [6.07, 6.45) is 4.61. The van der Waals surface area contributed by atoms with Crippen molar-refractivity contribution >= 4 is 11.3 Å². The van der Waals surface area contributed by atoms with Gasteiger partial charge in [-0.1, -0.05) is 13.0 Å². The molecule has 4 nitrogen and oxygen atoms in total. The van der Waals surface area contributed by atoms with Gasteiger partial charge < -0.3 is 0 Å². The van der Waals surface area contributed by atoms with Crippen LogP contribution in [0.2, 0.25) is 0 Å². The summed E-state index contributed by atoms with van der Waals surface area (Å²) >= 11 is 1.67. The lowest BCUT2D eigenvalue weighted by Crippen LogP contribution is -2.38. The molecule has 0 aliphatic heterocycles. The first-order valence-electron chi connectivity index (χ1n) is 6.52. The Labute approximate surface area is 118 Å². The maximum Gasteiger partial charge on any atom is 0.0897 e. The van der Waals surface area contributed by atoms with E-state index in [4.69, 9.17) is 5.84 Å². The van der Waals surface area contributed by atoms with Crippen molar-refractivity contribution in [2.24, 2.45) is 5.84 Å². The fourth-order valence-electron chi connectivity index (χ4n) is 1.98. The van der Waals surface area contributed by atoms with Crippen LogP contribution in [0.25, 0.3) is 0 Å². The monoisotopic (exact) mass is 276 g/mol. The SMILES string of the molecule is CCc1ccc(CC(Cc2csc(C)n2)NN)nc1. The zero-order chi connectivity index (χ0) is 13.7.